The number of rotatable bonds is 5. The summed E-state index contributed by atoms with van der Waals surface area (Å²) in [5.41, 5.74) is 1.33. The molecule has 0 aromatic heterocycles. The van der Waals surface area contributed by atoms with Crippen molar-refractivity contribution in [2.24, 2.45) is 0 Å². The Morgan fingerprint density at radius 2 is 1.67 bits per heavy atom. The Kier molecular flexibility index (Phi) is 4.37. The third-order valence-corrected chi connectivity index (χ3v) is 3.79. The van der Waals surface area contributed by atoms with Gasteiger partial charge in [-0.05, 0) is 29.8 Å². The van der Waals surface area contributed by atoms with Crippen LogP contribution in [0.5, 0.6) is 0 Å². The van der Waals surface area contributed by atoms with E-state index < -0.39 is 5.82 Å². The molecule has 0 saturated carbocycles. The lowest BCUT2D eigenvalue weighted by Gasteiger charge is -2.14. The fraction of sp³-hybridized carbons (Fsp3) is 0.167. The molecule has 3 rings (SSSR count). The number of nitrogens with one attached hydrogen (secondary N) is 1. The minimum Gasteiger partial charge on any atom is -0.354 e. The fourth-order valence-corrected chi connectivity index (χ4v) is 2.64. The molecule has 1 N–H and O–H groups in total. The first-order valence-electron chi connectivity index (χ1n) is 7.52. The molecule has 24 heavy (non-hydrogen) atoms. The van der Waals surface area contributed by atoms with E-state index in [0.717, 1.165) is 4.90 Å². The molecule has 0 saturated heterocycles. The van der Waals surface area contributed by atoms with Crippen LogP contribution in [-0.2, 0) is 11.2 Å². The van der Waals surface area contributed by atoms with E-state index in [-0.39, 0.29) is 37.2 Å². The summed E-state index contributed by atoms with van der Waals surface area (Å²) in [4.78, 5) is 37.3. The molecule has 0 unspecified atom stereocenters. The summed E-state index contributed by atoms with van der Waals surface area (Å²) >= 11 is 0. The molecule has 0 aliphatic carbocycles. The highest BCUT2D eigenvalue weighted by Crippen LogP contribution is 2.21. The number of benzene rings is 2. The largest absolute Gasteiger partial charge is 0.354 e. The summed E-state index contributed by atoms with van der Waals surface area (Å²) in [6.07, 6.45) is 0.0415. The molecule has 1 aliphatic heterocycles. The number of amides is 3. The summed E-state index contributed by atoms with van der Waals surface area (Å²) < 4.78 is 13.1. The number of nitrogens with zero attached hydrogens (tertiary/aromatic N) is 1. The van der Waals surface area contributed by atoms with E-state index in [1.807, 2.05) is 0 Å². The standard InChI is InChI=1S/C18H15FN2O3/c19-13-5-3-4-12(10-13)11-16(22)20-8-9-21-17(23)14-6-1-2-7-15(14)18(21)24/h1-7,10H,8-9,11H2,(H,20,22). The van der Waals surface area contributed by atoms with Crippen molar-refractivity contribution in [3.63, 3.8) is 0 Å². The number of carbonyl (C=O) groups excluding carboxylic acids is 3. The average Bonchev–Trinajstić information content (AvgIpc) is 2.80. The van der Waals surface area contributed by atoms with Gasteiger partial charge in [0, 0.05) is 13.1 Å². The Labute approximate surface area is 138 Å². The van der Waals surface area contributed by atoms with Crippen molar-refractivity contribution >= 4 is 17.7 Å². The molecule has 5 nitrogen and oxygen atoms in total. The van der Waals surface area contributed by atoms with E-state index in [2.05, 4.69) is 5.32 Å². The smallest absolute Gasteiger partial charge is 0.261 e. The number of fused-ring (bicyclic) bond motifs is 1. The van der Waals surface area contributed by atoms with Gasteiger partial charge < -0.3 is 5.32 Å². The van der Waals surface area contributed by atoms with Crippen molar-refractivity contribution in [2.45, 2.75) is 6.42 Å². The van der Waals surface area contributed by atoms with Crippen LogP contribution < -0.4 is 5.32 Å². The number of halogens is 1. The zero-order valence-electron chi connectivity index (χ0n) is 12.8. The van der Waals surface area contributed by atoms with Crippen molar-refractivity contribution in [3.8, 4) is 0 Å². The van der Waals surface area contributed by atoms with Gasteiger partial charge in [0.15, 0.2) is 0 Å². The van der Waals surface area contributed by atoms with Crippen LogP contribution in [0.25, 0.3) is 0 Å². The van der Waals surface area contributed by atoms with Crippen molar-refractivity contribution in [2.75, 3.05) is 13.1 Å². The van der Waals surface area contributed by atoms with Gasteiger partial charge in [0.2, 0.25) is 5.91 Å². The monoisotopic (exact) mass is 326 g/mol. The summed E-state index contributed by atoms with van der Waals surface area (Å²) in [6, 6.07) is 12.4. The van der Waals surface area contributed by atoms with Crippen LogP contribution in [0.4, 0.5) is 4.39 Å². The fourth-order valence-electron chi connectivity index (χ4n) is 2.64. The zero-order chi connectivity index (χ0) is 17.1. The van der Waals surface area contributed by atoms with Crippen LogP contribution in [0.15, 0.2) is 48.5 Å². The SMILES string of the molecule is O=C(Cc1cccc(F)c1)NCCN1C(=O)c2ccccc2C1=O. The highest BCUT2D eigenvalue weighted by molar-refractivity contribution is 6.21. The maximum Gasteiger partial charge on any atom is 0.261 e. The van der Waals surface area contributed by atoms with Crippen LogP contribution in [0, 0.1) is 5.82 Å². The highest BCUT2D eigenvalue weighted by Gasteiger charge is 2.34. The van der Waals surface area contributed by atoms with Crippen molar-refractivity contribution < 1.29 is 18.8 Å². The quantitative estimate of drug-likeness (QED) is 0.852. The lowest BCUT2D eigenvalue weighted by Crippen LogP contribution is -2.38. The molecule has 1 aliphatic rings. The van der Waals surface area contributed by atoms with Gasteiger partial charge >= 0.3 is 0 Å². The summed E-state index contributed by atoms with van der Waals surface area (Å²) in [7, 11) is 0. The molecule has 2 aromatic rings. The molecule has 0 radical (unpaired) electrons. The average molecular weight is 326 g/mol. The van der Waals surface area contributed by atoms with Crippen molar-refractivity contribution in [3.05, 3.63) is 71.0 Å². The first-order chi connectivity index (χ1) is 11.6. The minimum atomic E-state index is -0.397. The second-order valence-corrected chi connectivity index (χ2v) is 5.46. The lowest BCUT2D eigenvalue weighted by molar-refractivity contribution is -0.120. The van der Waals surface area contributed by atoms with Gasteiger partial charge in [-0.3, -0.25) is 19.3 Å². The Morgan fingerprint density at radius 1 is 1.00 bits per heavy atom. The first-order valence-corrected chi connectivity index (χ1v) is 7.52. The molecule has 0 atom stereocenters. The zero-order valence-corrected chi connectivity index (χ0v) is 12.8. The summed E-state index contributed by atoms with van der Waals surface area (Å²) in [6.45, 7) is 0.251. The van der Waals surface area contributed by atoms with Crippen LogP contribution in [0.3, 0.4) is 0 Å². The van der Waals surface area contributed by atoms with Gasteiger partial charge in [0.25, 0.3) is 11.8 Å². The van der Waals surface area contributed by atoms with Crippen LogP contribution >= 0.6 is 0 Å². The van der Waals surface area contributed by atoms with Gasteiger partial charge in [0.1, 0.15) is 5.82 Å². The minimum absolute atomic E-state index is 0.0415. The topological polar surface area (TPSA) is 66.5 Å². The second kappa shape index (κ2) is 6.62. The van der Waals surface area contributed by atoms with E-state index in [9.17, 15) is 18.8 Å². The number of imide groups is 1. The Bertz CT molecular complexity index is 784. The Morgan fingerprint density at radius 3 is 2.29 bits per heavy atom. The summed E-state index contributed by atoms with van der Waals surface area (Å²) in [5, 5.41) is 2.64. The van der Waals surface area contributed by atoms with Crippen LogP contribution in [0.2, 0.25) is 0 Å². The van der Waals surface area contributed by atoms with Gasteiger partial charge in [-0.15, -0.1) is 0 Å². The van der Waals surface area contributed by atoms with Gasteiger partial charge in [-0.2, -0.15) is 0 Å². The molecule has 6 heteroatoms. The second-order valence-electron chi connectivity index (χ2n) is 5.46. The molecule has 1 heterocycles. The molecule has 0 bridgehead atoms. The maximum atomic E-state index is 13.1. The summed E-state index contributed by atoms with van der Waals surface area (Å²) in [5.74, 6) is -1.39. The van der Waals surface area contributed by atoms with Gasteiger partial charge in [0.05, 0.1) is 17.5 Å². The predicted molar refractivity (Wildman–Crippen MR) is 84.9 cm³/mol. The maximum absolute atomic E-state index is 13.1. The highest BCUT2D eigenvalue weighted by atomic mass is 19.1. The third-order valence-electron chi connectivity index (χ3n) is 3.79. The van der Waals surface area contributed by atoms with E-state index >= 15 is 0 Å². The van der Waals surface area contributed by atoms with E-state index in [4.69, 9.17) is 0 Å². The molecule has 2 aromatic carbocycles. The van der Waals surface area contributed by atoms with Crippen LogP contribution in [0.1, 0.15) is 26.3 Å². The Hall–Kier alpha value is -3.02. The van der Waals surface area contributed by atoms with Gasteiger partial charge in [-0.25, -0.2) is 4.39 Å². The Balaban J connectivity index is 1.53. The molecule has 3 amide bonds. The van der Waals surface area contributed by atoms with Gasteiger partial charge in [-0.1, -0.05) is 24.3 Å². The number of hydrogen-bond acceptors (Lipinski definition) is 3. The molecule has 0 spiro atoms. The van der Waals surface area contributed by atoms with Crippen molar-refractivity contribution in [1.29, 1.82) is 0 Å². The normalized spacial score (nSPS) is 13.1. The number of carbonyl (C=O) groups is 3. The van der Waals surface area contributed by atoms with E-state index in [0.29, 0.717) is 16.7 Å². The van der Waals surface area contributed by atoms with Crippen molar-refractivity contribution in [1.82, 2.24) is 10.2 Å². The third kappa shape index (κ3) is 3.17. The lowest BCUT2D eigenvalue weighted by atomic mass is 10.1. The molecular weight excluding hydrogens is 311 g/mol. The number of hydrogen-bond donors (Lipinski definition) is 1. The predicted octanol–water partition coefficient (Wildman–Crippen LogP) is 1.78. The van der Waals surface area contributed by atoms with E-state index in [1.54, 1.807) is 30.3 Å². The first kappa shape index (κ1) is 15.9. The molecular formula is C18H15FN2O3. The molecule has 0 fully saturated rings. The van der Waals surface area contributed by atoms with Crippen LogP contribution in [-0.4, -0.2) is 35.7 Å². The molecule has 122 valence electrons. The van der Waals surface area contributed by atoms with E-state index in [1.165, 1.54) is 18.2 Å².